The van der Waals surface area contributed by atoms with Gasteiger partial charge in [0.15, 0.2) is 0 Å². The van der Waals surface area contributed by atoms with Crippen LogP contribution in [0, 0.1) is 0 Å². The van der Waals surface area contributed by atoms with Crippen molar-refractivity contribution in [3.05, 3.63) is 12.7 Å². The Bertz CT molecular complexity index is 91.8. The zero-order valence-electron chi connectivity index (χ0n) is 8.05. The van der Waals surface area contributed by atoms with E-state index < -0.39 is 0 Å². The monoisotopic (exact) mass is 172 g/mol. The minimum Gasteiger partial charge on any atom is -0.381 e. The maximum absolute atomic E-state index is 5.35. The smallest absolute Gasteiger partial charge is 0.0644 e. The van der Waals surface area contributed by atoms with Crippen LogP contribution in [-0.4, -0.2) is 26.4 Å². The van der Waals surface area contributed by atoms with Crippen LogP contribution in [0.25, 0.3) is 0 Å². The van der Waals surface area contributed by atoms with Crippen LogP contribution in [0.4, 0.5) is 0 Å². The molecule has 0 aliphatic rings. The van der Waals surface area contributed by atoms with Crippen LogP contribution in [0.2, 0.25) is 0 Å². The van der Waals surface area contributed by atoms with Gasteiger partial charge in [0.25, 0.3) is 0 Å². The maximum atomic E-state index is 5.35. The van der Waals surface area contributed by atoms with Crippen LogP contribution in [-0.2, 0) is 9.47 Å². The molecular formula is C10H20O2. The van der Waals surface area contributed by atoms with Gasteiger partial charge in [0.05, 0.1) is 6.61 Å². The highest BCUT2D eigenvalue weighted by atomic mass is 16.5. The van der Waals surface area contributed by atoms with Gasteiger partial charge in [-0.1, -0.05) is 19.4 Å². The molecule has 0 saturated heterocycles. The predicted molar refractivity (Wildman–Crippen MR) is 51.4 cm³/mol. The summed E-state index contributed by atoms with van der Waals surface area (Å²) < 4.78 is 10.5. The Balaban J connectivity index is 2.77. The standard InChI is InChI=1S/C10H20O2/c1-3-5-8-12-10-6-9-11-7-4-2/h4H,2-3,5-10H2,1H3. The van der Waals surface area contributed by atoms with E-state index in [-0.39, 0.29) is 0 Å². The summed E-state index contributed by atoms with van der Waals surface area (Å²) in [6.07, 6.45) is 5.11. The fourth-order valence-corrected chi connectivity index (χ4v) is 0.778. The second kappa shape index (κ2) is 10.7. The molecule has 72 valence electrons. The van der Waals surface area contributed by atoms with E-state index in [1.54, 1.807) is 6.08 Å². The topological polar surface area (TPSA) is 18.5 Å². The SMILES string of the molecule is C=CCOCCCOCCCC. The van der Waals surface area contributed by atoms with Crippen molar-refractivity contribution in [2.45, 2.75) is 26.2 Å². The molecule has 0 aliphatic carbocycles. The van der Waals surface area contributed by atoms with Gasteiger partial charge in [0.1, 0.15) is 0 Å². The summed E-state index contributed by atoms with van der Waals surface area (Å²) in [6.45, 7) is 8.85. The number of unbranched alkanes of at least 4 members (excludes halogenated alkanes) is 1. The number of ether oxygens (including phenoxy) is 2. The quantitative estimate of drug-likeness (QED) is 0.393. The van der Waals surface area contributed by atoms with Crippen LogP contribution < -0.4 is 0 Å². The summed E-state index contributed by atoms with van der Waals surface area (Å²) in [5, 5.41) is 0. The van der Waals surface area contributed by atoms with Gasteiger partial charge in [-0.3, -0.25) is 0 Å². The molecule has 0 atom stereocenters. The van der Waals surface area contributed by atoms with E-state index in [1.165, 1.54) is 6.42 Å². The van der Waals surface area contributed by atoms with Crippen molar-refractivity contribution in [3.8, 4) is 0 Å². The van der Waals surface area contributed by atoms with Crippen LogP contribution in [0.15, 0.2) is 12.7 Å². The number of hydrogen-bond acceptors (Lipinski definition) is 2. The predicted octanol–water partition coefficient (Wildman–Crippen LogP) is 2.40. The van der Waals surface area contributed by atoms with Crippen molar-refractivity contribution >= 4 is 0 Å². The highest BCUT2D eigenvalue weighted by molar-refractivity contribution is 4.63. The first-order valence-corrected chi connectivity index (χ1v) is 4.68. The van der Waals surface area contributed by atoms with E-state index in [1.807, 2.05) is 0 Å². The van der Waals surface area contributed by atoms with Crippen LogP contribution in [0.1, 0.15) is 26.2 Å². The van der Waals surface area contributed by atoms with Gasteiger partial charge in [-0.15, -0.1) is 6.58 Å². The molecule has 0 fully saturated rings. The molecular weight excluding hydrogens is 152 g/mol. The Morgan fingerprint density at radius 3 is 2.42 bits per heavy atom. The first kappa shape index (κ1) is 11.7. The van der Waals surface area contributed by atoms with E-state index in [2.05, 4.69) is 13.5 Å². The summed E-state index contributed by atoms with van der Waals surface area (Å²) in [5.74, 6) is 0. The molecule has 0 aromatic heterocycles. The van der Waals surface area contributed by atoms with Crippen LogP contribution >= 0.6 is 0 Å². The number of hydrogen-bond donors (Lipinski definition) is 0. The van der Waals surface area contributed by atoms with Crippen molar-refractivity contribution in [1.29, 1.82) is 0 Å². The second-order valence-electron chi connectivity index (χ2n) is 2.68. The third kappa shape index (κ3) is 9.66. The minimum atomic E-state index is 0.648. The molecule has 12 heavy (non-hydrogen) atoms. The lowest BCUT2D eigenvalue weighted by molar-refractivity contribution is 0.0917. The van der Waals surface area contributed by atoms with Gasteiger partial charge in [0.2, 0.25) is 0 Å². The third-order valence-corrected chi connectivity index (χ3v) is 1.46. The normalized spacial score (nSPS) is 10.1. The molecule has 0 aliphatic heterocycles. The Hall–Kier alpha value is -0.340. The zero-order valence-corrected chi connectivity index (χ0v) is 8.05. The molecule has 0 spiro atoms. The van der Waals surface area contributed by atoms with Gasteiger partial charge in [0, 0.05) is 19.8 Å². The molecule has 0 amide bonds. The first-order chi connectivity index (χ1) is 5.91. The lowest BCUT2D eigenvalue weighted by Gasteiger charge is -2.02. The van der Waals surface area contributed by atoms with E-state index in [9.17, 15) is 0 Å². The molecule has 0 saturated carbocycles. The van der Waals surface area contributed by atoms with Gasteiger partial charge >= 0.3 is 0 Å². The molecule has 0 bridgehead atoms. The van der Waals surface area contributed by atoms with Crippen molar-refractivity contribution in [2.24, 2.45) is 0 Å². The van der Waals surface area contributed by atoms with Crippen LogP contribution in [0.5, 0.6) is 0 Å². The van der Waals surface area contributed by atoms with Crippen molar-refractivity contribution in [3.63, 3.8) is 0 Å². The highest BCUT2D eigenvalue weighted by Crippen LogP contribution is 1.90. The fraction of sp³-hybridized carbons (Fsp3) is 0.800. The summed E-state index contributed by atoms with van der Waals surface area (Å²) in [7, 11) is 0. The summed E-state index contributed by atoms with van der Waals surface area (Å²) >= 11 is 0. The largest absolute Gasteiger partial charge is 0.381 e. The van der Waals surface area contributed by atoms with Gasteiger partial charge < -0.3 is 9.47 Å². The molecule has 0 rings (SSSR count). The van der Waals surface area contributed by atoms with E-state index in [0.717, 1.165) is 32.7 Å². The Kier molecular flexibility index (Phi) is 10.4. The maximum Gasteiger partial charge on any atom is 0.0644 e. The van der Waals surface area contributed by atoms with E-state index >= 15 is 0 Å². The van der Waals surface area contributed by atoms with Gasteiger partial charge in [-0.25, -0.2) is 0 Å². The van der Waals surface area contributed by atoms with E-state index in [4.69, 9.17) is 9.47 Å². The van der Waals surface area contributed by atoms with Crippen molar-refractivity contribution < 1.29 is 9.47 Å². The molecule has 0 heterocycles. The van der Waals surface area contributed by atoms with Crippen molar-refractivity contribution in [2.75, 3.05) is 26.4 Å². The Labute approximate surface area is 75.6 Å². The van der Waals surface area contributed by atoms with Crippen molar-refractivity contribution in [1.82, 2.24) is 0 Å². The summed E-state index contributed by atoms with van der Waals surface area (Å²) in [5.41, 5.74) is 0. The molecule has 0 N–H and O–H groups in total. The minimum absolute atomic E-state index is 0.648. The Morgan fingerprint density at radius 2 is 1.75 bits per heavy atom. The lowest BCUT2D eigenvalue weighted by Crippen LogP contribution is -2.01. The number of rotatable bonds is 9. The van der Waals surface area contributed by atoms with Crippen LogP contribution in [0.3, 0.4) is 0 Å². The molecule has 0 aromatic rings. The second-order valence-corrected chi connectivity index (χ2v) is 2.68. The molecule has 2 heteroatoms. The lowest BCUT2D eigenvalue weighted by atomic mass is 10.4. The summed E-state index contributed by atoms with van der Waals surface area (Å²) in [6, 6.07) is 0. The fourth-order valence-electron chi connectivity index (χ4n) is 0.778. The first-order valence-electron chi connectivity index (χ1n) is 4.68. The average Bonchev–Trinajstić information content (AvgIpc) is 2.10. The highest BCUT2D eigenvalue weighted by Gasteiger charge is 1.88. The van der Waals surface area contributed by atoms with E-state index in [0.29, 0.717) is 6.61 Å². The molecule has 0 unspecified atom stereocenters. The molecule has 0 radical (unpaired) electrons. The third-order valence-electron chi connectivity index (χ3n) is 1.46. The summed E-state index contributed by atoms with van der Waals surface area (Å²) in [4.78, 5) is 0. The molecule has 2 nitrogen and oxygen atoms in total. The average molecular weight is 172 g/mol. The Morgan fingerprint density at radius 1 is 1.08 bits per heavy atom. The van der Waals surface area contributed by atoms with Gasteiger partial charge in [-0.2, -0.15) is 0 Å². The zero-order chi connectivity index (χ0) is 9.07. The molecule has 0 aromatic carbocycles. The van der Waals surface area contributed by atoms with Gasteiger partial charge in [-0.05, 0) is 12.8 Å².